The van der Waals surface area contributed by atoms with Gasteiger partial charge < -0.3 is 9.84 Å². The summed E-state index contributed by atoms with van der Waals surface area (Å²) in [5, 5.41) is 9.21. The lowest BCUT2D eigenvalue weighted by Gasteiger charge is -2.18. The summed E-state index contributed by atoms with van der Waals surface area (Å²) in [5.74, 6) is -0.704. The van der Waals surface area contributed by atoms with Gasteiger partial charge in [-0.15, -0.1) is 0 Å². The van der Waals surface area contributed by atoms with Gasteiger partial charge in [0.1, 0.15) is 5.60 Å². The number of benzene rings is 1. The maximum Gasteiger partial charge on any atom is 0.309 e. The minimum atomic E-state index is -0.704. The molecule has 0 spiro atoms. The first-order valence-corrected chi connectivity index (χ1v) is 11.6. The van der Waals surface area contributed by atoms with Crippen molar-refractivity contribution in [3.8, 4) is 0 Å². The van der Waals surface area contributed by atoms with Crippen molar-refractivity contribution >= 4 is 12.4 Å². The van der Waals surface area contributed by atoms with E-state index in [0.29, 0.717) is 6.47 Å². The molecule has 0 saturated heterocycles. The van der Waals surface area contributed by atoms with Crippen molar-refractivity contribution in [1.82, 2.24) is 0 Å². The van der Waals surface area contributed by atoms with Gasteiger partial charge in [0.25, 0.3) is 6.47 Å². The van der Waals surface area contributed by atoms with Gasteiger partial charge in [0.2, 0.25) is 0 Å². The van der Waals surface area contributed by atoms with Crippen LogP contribution in [0.15, 0.2) is 12.1 Å². The third kappa shape index (κ3) is 7.45. The Bertz CT molecular complexity index is 716. The molecule has 2 rings (SSSR count). The van der Waals surface area contributed by atoms with Crippen LogP contribution in [-0.2, 0) is 27.2 Å². The molecule has 1 N–H and O–H groups in total. The van der Waals surface area contributed by atoms with E-state index in [2.05, 4.69) is 26.0 Å². The SMILES string of the molecule is Cc1cc(CCCCCC(C)(C)C(=O)O)cc(CCCCCC2(OC=O)CC2)c1C. The average molecular weight is 417 g/mol. The summed E-state index contributed by atoms with van der Waals surface area (Å²) < 4.78 is 5.23. The van der Waals surface area contributed by atoms with E-state index in [1.807, 2.05) is 13.8 Å². The lowest BCUT2D eigenvalue weighted by Crippen LogP contribution is -2.23. The molecule has 0 radical (unpaired) electrons. The third-order valence-electron chi connectivity index (χ3n) is 6.87. The Hall–Kier alpha value is -1.84. The zero-order chi connectivity index (χ0) is 22.2. The van der Waals surface area contributed by atoms with Crippen LogP contribution in [0.3, 0.4) is 0 Å². The molecule has 0 bridgehead atoms. The number of carbonyl (C=O) groups excluding carboxylic acids is 1. The Labute approximate surface area is 182 Å². The highest BCUT2D eigenvalue weighted by molar-refractivity contribution is 5.73. The topological polar surface area (TPSA) is 63.6 Å². The summed E-state index contributed by atoms with van der Waals surface area (Å²) >= 11 is 0. The Kier molecular flexibility index (Phi) is 8.93. The summed E-state index contributed by atoms with van der Waals surface area (Å²) in [6.45, 7) is 8.65. The van der Waals surface area contributed by atoms with Crippen LogP contribution in [0.2, 0.25) is 0 Å². The lowest BCUT2D eigenvalue weighted by atomic mass is 9.87. The Morgan fingerprint density at radius 1 is 1.07 bits per heavy atom. The van der Waals surface area contributed by atoms with E-state index < -0.39 is 11.4 Å². The van der Waals surface area contributed by atoms with Gasteiger partial charge in [-0.25, -0.2) is 0 Å². The predicted octanol–water partition coefficient (Wildman–Crippen LogP) is 6.33. The van der Waals surface area contributed by atoms with Crippen molar-refractivity contribution in [3.63, 3.8) is 0 Å². The number of unbranched alkanes of at least 4 members (excludes halogenated alkanes) is 4. The van der Waals surface area contributed by atoms with Crippen LogP contribution >= 0.6 is 0 Å². The quantitative estimate of drug-likeness (QED) is 0.268. The highest BCUT2D eigenvalue weighted by Gasteiger charge is 2.44. The van der Waals surface area contributed by atoms with Crippen molar-refractivity contribution in [2.75, 3.05) is 0 Å². The fraction of sp³-hybridized carbons (Fsp3) is 0.692. The highest BCUT2D eigenvalue weighted by Crippen LogP contribution is 2.43. The molecule has 1 aliphatic rings. The van der Waals surface area contributed by atoms with Gasteiger partial charge in [-0.2, -0.15) is 0 Å². The third-order valence-corrected chi connectivity index (χ3v) is 6.87. The highest BCUT2D eigenvalue weighted by atomic mass is 16.5. The van der Waals surface area contributed by atoms with Crippen LogP contribution in [0.4, 0.5) is 0 Å². The molecule has 1 fully saturated rings. The molecule has 1 aromatic rings. The van der Waals surface area contributed by atoms with Crippen molar-refractivity contribution < 1.29 is 19.4 Å². The van der Waals surface area contributed by atoms with Crippen LogP contribution in [0.25, 0.3) is 0 Å². The Morgan fingerprint density at radius 2 is 1.73 bits per heavy atom. The van der Waals surface area contributed by atoms with E-state index in [9.17, 15) is 14.7 Å². The standard InChI is InChI=1S/C26H40O4/c1-20-17-22(11-7-5-9-13-25(3,4)24(28)29)18-23(21(20)2)12-8-6-10-14-26(15-16-26)30-19-27/h17-19H,5-16H2,1-4H3,(H,28,29). The molecule has 0 aromatic heterocycles. The van der Waals surface area contributed by atoms with Crippen LogP contribution < -0.4 is 0 Å². The number of carboxylic acid groups (broad SMARTS) is 1. The minimum Gasteiger partial charge on any atom is -0.481 e. The van der Waals surface area contributed by atoms with E-state index in [1.54, 1.807) is 0 Å². The molecule has 1 saturated carbocycles. The molecule has 4 nitrogen and oxygen atoms in total. The van der Waals surface area contributed by atoms with E-state index in [1.165, 1.54) is 35.1 Å². The normalized spacial score (nSPS) is 15.1. The fourth-order valence-corrected chi connectivity index (χ4v) is 4.20. The molecular weight excluding hydrogens is 376 g/mol. The van der Waals surface area contributed by atoms with Crippen LogP contribution in [0, 0.1) is 19.3 Å². The monoisotopic (exact) mass is 416 g/mol. The molecule has 30 heavy (non-hydrogen) atoms. The van der Waals surface area contributed by atoms with Crippen LogP contribution in [0.5, 0.6) is 0 Å². The van der Waals surface area contributed by atoms with Crippen molar-refractivity contribution in [1.29, 1.82) is 0 Å². The van der Waals surface area contributed by atoms with E-state index in [0.717, 1.165) is 64.2 Å². The van der Waals surface area contributed by atoms with Gasteiger partial charge in [-0.05, 0) is 108 Å². The van der Waals surface area contributed by atoms with Crippen molar-refractivity contribution in [2.45, 2.75) is 110 Å². The second-order valence-electron chi connectivity index (χ2n) is 9.90. The number of carboxylic acids is 1. The minimum absolute atomic E-state index is 0.117. The molecule has 0 heterocycles. The first-order valence-electron chi connectivity index (χ1n) is 11.6. The zero-order valence-corrected chi connectivity index (χ0v) is 19.4. The second kappa shape index (κ2) is 11.0. The molecule has 168 valence electrons. The fourth-order valence-electron chi connectivity index (χ4n) is 4.20. The number of carbonyl (C=O) groups is 2. The van der Waals surface area contributed by atoms with Crippen molar-refractivity contribution in [2.24, 2.45) is 5.41 Å². The van der Waals surface area contributed by atoms with E-state index in [4.69, 9.17) is 4.74 Å². The van der Waals surface area contributed by atoms with Crippen molar-refractivity contribution in [3.05, 3.63) is 34.4 Å². The molecule has 1 aromatic carbocycles. The summed E-state index contributed by atoms with van der Waals surface area (Å²) in [5.41, 5.74) is 4.90. The number of ether oxygens (including phenoxy) is 1. The van der Waals surface area contributed by atoms with Gasteiger partial charge in [-0.3, -0.25) is 9.59 Å². The molecule has 0 unspecified atom stereocenters. The second-order valence-corrected chi connectivity index (χ2v) is 9.90. The summed E-state index contributed by atoms with van der Waals surface area (Å²) in [7, 11) is 0. The summed E-state index contributed by atoms with van der Waals surface area (Å²) in [6, 6.07) is 4.69. The van der Waals surface area contributed by atoms with Gasteiger partial charge in [0, 0.05) is 0 Å². The number of aliphatic carboxylic acids is 1. The number of hydrogen-bond acceptors (Lipinski definition) is 3. The number of rotatable bonds is 15. The first kappa shape index (κ1) is 24.4. The summed E-state index contributed by atoms with van der Waals surface area (Å²) in [4.78, 5) is 21.8. The first-order chi connectivity index (χ1) is 14.2. The molecule has 0 atom stereocenters. The van der Waals surface area contributed by atoms with Gasteiger partial charge in [0.15, 0.2) is 0 Å². The maximum absolute atomic E-state index is 11.2. The van der Waals surface area contributed by atoms with E-state index >= 15 is 0 Å². The number of hydrogen-bond donors (Lipinski definition) is 1. The molecule has 4 heteroatoms. The van der Waals surface area contributed by atoms with E-state index in [-0.39, 0.29) is 5.60 Å². The van der Waals surface area contributed by atoms with Gasteiger partial charge in [0.05, 0.1) is 5.41 Å². The summed E-state index contributed by atoms with van der Waals surface area (Å²) in [6.07, 6.45) is 12.6. The predicted molar refractivity (Wildman–Crippen MR) is 121 cm³/mol. The largest absolute Gasteiger partial charge is 0.481 e. The number of aryl methyl sites for hydroxylation is 3. The smallest absolute Gasteiger partial charge is 0.309 e. The maximum atomic E-state index is 11.2. The molecular formula is C26H40O4. The van der Waals surface area contributed by atoms with Gasteiger partial charge >= 0.3 is 5.97 Å². The Balaban J connectivity index is 1.73. The lowest BCUT2D eigenvalue weighted by molar-refractivity contribution is -0.147. The molecule has 0 aliphatic heterocycles. The molecule has 0 amide bonds. The molecule has 1 aliphatic carbocycles. The zero-order valence-electron chi connectivity index (χ0n) is 19.4. The van der Waals surface area contributed by atoms with Crippen LogP contribution in [0.1, 0.15) is 100 Å². The Morgan fingerprint density at radius 3 is 2.37 bits per heavy atom. The van der Waals surface area contributed by atoms with Crippen LogP contribution in [-0.4, -0.2) is 23.1 Å². The van der Waals surface area contributed by atoms with Gasteiger partial charge in [-0.1, -0.05) is 31.4 Å². The average Bonchev–Trinajstić information content (AvgIpc) is 3.44.